The van der Waals surface area contributed by atoms with Crippen molar-refractivity contribution >= 4 is 22.7 Å². The predicted octanol–water partition coefficient (Wildman–Crippen LogP) is 4.71. The first-order valence-corrected chi connectivity index (χ1v) is 8.37. The topological polar surface area (TPSA) is 39.4 Å². The minimum Gasteiger partial charge on any atom is -0.497 e. The van der Waals surface area contributed by atoms with E-state index < -0.39 is 0 Å². The number of thioether (sulfide) groups is 1. The molecule has 0 fully saturated rings. The van der Waals surface area contributed by atoms with Crippen LogP contribution in [0.15, 0.2) is 56.6 Å². The summed E-state index contributed by atoms with van der Waals surface area (Å²) in [7, 11) is 1.66. The SMILES string of the molecule is COc1cccc(SCc2cc(=O)oc3c(C)c(C)ccc23)c1. The van der Waals surface area contributed by atoms with Gasteiger partial charge in [-0.25, -0.2) is 4.79 Å². The fraction of sp³-hybridized carbons (Fsp3) is 0.211. The zero-order valence-corrected chi connectivity index (χ0v) is 14.2. The summed E-state index contributed by atoms with van der Waals surface area (Å²) in [6, 6.07) is 13.6. The van der Waals surface area contributed by atoms with Gasteiger partial charge in [-0.3, -0.25) is 0 Å². The van der Waals surface area contributed by atoms with Crippen molar-refractivity contribution in [1.29, 1.82) is 0 Å². The van der Waals surface area contributed by atoms with E-state index in [0.717, 1.165) is 32.7 Å². The molecule has 0 aliphatic carbocycles. The lowest BCUT2D eigenvalue weighted by Crippen LogP contribution is -2.01. The van der Waals surface area contributed by atoms with Crippen molar-refractivity contribution in [2.45, 2.75) is 24.5 Å². The highest BCUT2D eigenvalue weighted by molar-refractivity contribution is 7.98. The molecule has 118 valence electrons. The summed E-state index contributed by atoms with van der Waals surface area (Å²) in [6.45, 7) is 4.01. The van der Waals surface area contributed by atoms with Gasteiger partial charge in [-0.1, -0.05) is 18.2 Å². The first-order chi connectivity index (χ1) is 11.1. The van der Waals surface area contributed by atoms with Crippen LogP contribution in [-0.4, -0.2) is 7.11 Å². The van der Waals surface area contributed by atoms with Gasteiger partial charge in [-0.15, -0.1) is 11.8 Å². The van der Waals surface area contributed by atoms with Gasteiger partial charge in [0, 0.05) is 22.1 Å². The molecule has 3 rings (SSSR count). The Morgan fingerprint density at radius 2 is 1.96 bits per heavy atom. The zero-order chi connectivity index (χ0) is 16.4. The molecule has 0 aliphatic rings. The van der Waals surface area contributed by atoms with E-state index in [4.69, 9.17) is 9.15 Å². The van der Waals surface area contributed by atoms with Crippen molar-refractivity contribution in [3.63, 3.8) is 0 Å². The molecule has 0 N–H and O–H groups in total. The maximum atomic E-state index is 11.9. The molecule has 3 nitrogen and oxygen atoms in total. The van der Waals surface area contributed by atoms with Gasteiger partial charge < -0.3 is 9.15 Å². The van der Waals surface area contributed by atoms with Gasteiger partial charge in [0.1, 0.15) is 11.3 Å². The molecule has 23 heavy (non-hydrogen) atoms. The fourth-order valence-corrected chi connectivity index (χ4v) is 3.43. The number of hydrogen-bond donors (Lipinski definition) is 0. The van der Waals surface area contributed by atoms with Gasteiger partial charge in [-0.05, 0) is 48.7 Å². The van der Waals surface area contributed by atoms with Gasteiger partial charge in [-0.2, -0.15) is 0 Å². The third-order valence-corrected chi connectivity index (χ3v) is 5.00. The van der Waals surface area contributed by atoms with E-state index in [9.17, 15) is 4.79 Å². The third-order valence-electron chi connectivity index (χ3n) is 3.95. The average Bonchev–Trinajstić information content (AvgIpc) is 2.56. The van der Waals surface area contributed by atoms with Crippen LogP contribution in [0.3, 0.4) is 0 Å². The Labute approximate surface area is 139 Å². The molecule has 1 aromatic heterocycles. The van der Waals surface area contributed by atoms with Crippen LogP contribution in [0.2, 0.25) is 0 Å². The molecule has 4 heteroatoms. The van der Waals surface area contributed by atoms with E-state index >= 15 is 0 Å². The molecule has 0 atom stereocenters. The lowest BCUT2D eigenvalue weighted by atomic mass is 10.0. The Bertz CT molecular complexity index is 912. The predicted molar refractivity (Wildman–Crippen MR) is 94.5 cm³/mol. The standard InChI is InChI=1S/C19H18O3S/c1-12-7-8-17-14(9-18(20)22-19(17)13(12)2)11-23-16-6-4-5-15(10-16)21-3/h4-10H,11H2,1-3H3. The first kappa shape index (κ1) is 15.7. The number of rotatable bonds is 4. The number of fused-ring (bicyclic) bond motifs is 1. The van der Waals surface area contributed by atoms with E-state index in [0.29, 0.717) is 11.3 Å². The van der Waals surface area contributed by atoms with E-state index in [-0.39, 0.29) is 5.63 Å². The minimum atomic E-state index is -0.299. The molecule has 0 saturated carbocycles. The molecule has 0 aliphatic heterocycles. The number of ether oxygens (including phenoxy) is 1. The second kappa shape index (κ2) is 6.50. The molecule has 3 aromatic rings. The molecule has 1 heterocycles. The van der Waals surface area contributed by atoms with E-state index in [2.05, 4.69) is 6.07 Å². The van der Waals surface area contributed by atoms with Crippen LogP contribution in [0.5, 0.6) is 5.75 Å². The van der Waals surface area contributed by atoms with Crippen molar-refractivity contribution < 1.29 is 9.15 Å². The van der Waals surface area contributed by atoms with Crippen LogP contribution >= 0.6 is 11.8 Å². The van der Waals surface area contributed by atoms with E-state index in [1.165, 1.54) is 0 Å². The molecular formula is C19H18O3S. The highest BCUT2D eigenvalue weighted by atomic mass is 32.2. The Hall–Kier alpha value is -2.20. The first-order valence-electron chi connectivity index (χ1n) is 7.38. The van der Waals surface area contributed by atoms with Crippen molar-refractivity contribution in [1.82, 2.24) is 0 Å². The summed E-state index contributed by atoms with van der Waals surface area (Å²) in [4.78, 5) is 13.0. The van der Waals surface area contributed by atoms with E-state index in [1.807, 2.05) is 44.2 Å². The molecule has 2 aromatic carbocycles. The fourth-order valence-electron chi connectivity index (χ4n) is 2.50. The number of hydrogen-bond acceptors (Lipinski definition) is 4. The summed E-state index contributed by atoms with van der Waals surface area (Å²) in [6.07, 6.45) is 0. The summed E-state index contributed by atoms with van der Waals surface area (Å²) in [5.41, 5.74) is 3.53. The quantitative estimate of drug-likeness (QED) is 0.514. The molecular weight excluding hydrogens is 308 g/mol. The van der Waals surface area contributed by atoms with Crippen LogP contribution in [-0.2, 0) is 5.75 Å². The van der Waals surface area contributed by atoms with Crippen LogP contribution in [0, 0.1) is 13.8 Å². The van der Waals surface area contributed by atoms with Gasteiger partial charge >= 0.3 is 5.63 Å². The Kier molecular flexibility index (Phi) is 4.44. The monoisotopic (exact) mass is 326 g/mol. The largest absolute Gasteiger partial charge is 0.497 e. The second-order valence-electron chi connectivity index (χ2n) is 5.44. The summed E-state index contributed by atoms with van der Waals surface area (Å²) >= 11 is 1.68. The number of methoxy groups -OCH3 is 1. The van der Waals surface area contributed by atoms with Gasteiger partial charge in [0.25, 0.3) is 0 Å². The summed E-state index contributed by atoms with van der Waals surface area (Å²) in [5.74, 6) is 1.54. The molecule has 0 saturated heterocycles. The average molecular weight is 326 g/mol. The highest BCUT2D eigenvalue weighted by Gasteiger charge is 2.10. The molecule has 0 amide bonds. The Balaban J connectivity index is 1.96. The van der Waals surface area contributed by atoms with Crippen molar-refractivity contribution in [2.24, 2.45) is 0 Å². The van der Waals surface area contributed by atoms with Crippen LogP contribution in [0.25, 0.3) is 11.0 Å². The summed E-state index contributed by atoms with van der Waals surface area (Å²) < 4.78 is 10.7. The molecule has 0 unspecified atom stereocenters. The van der Waals surface area contributed by atoms with Crippen molar-refractivity contribution in [3.8, 4) is 5.75 Å². The summed E-state index contributed by atoms with van der Waals surface area (Å²) in [5, 5.41) is 1.00. The number of benzene rings is 2. The molecule has 0 bridgehead atoms. The second-order valence-corrected chi connectivity index (χ2v) is 6.49. The Morgan fingerprint density at radius 3 is 2.74 bits per heavy atom. The zero-order valence-electron chi connectivity index (χ0n) is 13.4. The van der Waals surface area contributed by atoms with E-state index in [1.54, 1.807) is 24.9 Å². The third kappa shape index (κ3) is 3.27. The lowest BCUT2D eigenvalue weighted by molar-refractivity contribution is 0.413. The number of aryl methyl sites for hydroxylation is 2. The van der Waals surface area contributed by atoms with Crippen LogP contribution in [0.1, 0.15) is 16.7 Å². The van der Waals surface area contributed by atoms with Crippen molar-refractivity contribution in [2.75, 3.05) is 7.11 Å². The maximum Gasteiger partial charge on any atom is 0.336 e. The molecule has 0 radical (unpaired) electrons. The van der Waals surface area contributed by atoms with Crippen LogP contribution < -0.4 is 10.4 Å². The Morgan fingerprint density at radius 1 is 1.13 bits per heavy atom. The highest BCUT2D eigenvalue weighted by Crippen LogP contribution is 2.30. The normalized spacial score (nSPS) is 10.9. The smallest absolute Gasteiger partial charge is 0.336 e. The maximum absolute atomic E-state index is 11.9. The van der Waals surface area contributed by atoms with Crippen molar-refractivity contribution in [3.05, 3.63) is 69.6 Å². The van der Waals surface area contributed by atoms with Crippen LogP contribution in [0.4, 0.5) is 0 Å². The lowest BCUT2D eigenvalue weighted by Gasteiger charge is -2.09. The van der Waals surface area contributed by atoms with Gasteiger partial charge in [0.05, 0.1) is 7.11 Å². The van der Waals surface area contributed by atoms with Gasteiger partial charge in [0.2, 0.25) is 0 Å². The minimum absolute atomic E-state index is 0.299. The molecule has 0 spiro atoms. The van der Waals surface area contributed by atoms with Gasteiger partial charge in [0.15, 0.2) is 0 Å².